The van der Waals surface area contributed by atoms with Gasteiger partial charge in [0.1, 0.15) is 0 Å². The molecule has 1 aliphatic heterocycles. The van der Waals surface area contributed by atoms with Crippen molar-refractivity contribution >= 4 is 0 Å². The SMILES string of the molecule is C=C(CN1CCN(Cc2nnnn2-c2c(C)cccc2C)CC1)N(C)C1=CC=CC=CC1.FC(F)(F)c1ccccc1. The molecule has 0 bridgehead atoms. The molecular formula is C32H38F3N7. The van der Waals surface area contributed by atoms with Gasteiger partial charge in [-0.2, -0.15) is 17.9 Å². The lowest BCUT2D eigenvalue weighted by molar-refractivity contribution is -0.137. The van der Waals surface area contributed by atoms with Gasteiger partial charge in [-0.15, -0.1) is 5.10 Å². The van der Waals surface area contributed by atoms with Gasteiger partial charge in [-0.1, -0.05) is 79.4 Å². The number of piperazine rings is 1. The first-order chi connectivity index (χ1) is 20.1. The molecule has 1 aromatic heterocycles. The molecule has 2 aliphatic rings. The quantitative estimate of drug-likeness (QED) is 0.346. The monoisotopic (exact) mass is 577 g/mol. The fourth-order valence-electron chi connectivity index (χ4n) is 4.93. The van der Waals surface area contributed by atoms with Crippen molar-refractivity contribution in [2.45, 2.75) is 33.0 Å². The van der Waals surface area contributed by atoms with Crippen molar-refractivity contribution in [3.63, 3.8) is 0 Å². The maximum atomic E-state index is 11.8. The predicted molar refractivity (Wildman–Crippen MR) is 160 cm³/mol. The van der Waals surface area contributed by atoms with Gasteiger partial charge in [0.05, 0.1) is 17.8 Å². The molecule has 42 heavy (non-hydrogen) atoms. The highest BCUT2D eigenvalue weighted by Gasteiger charge is 2.29. The summed E-state index contributed by atoms with van der Waals surface area (Å²) >= 11 is 0. The number of tetrazole rings is 1. The van der Waals surface area contributed by atoms with Crippen LogP contribution < -0.4 is 0 Å². The van der Waals surface area contributed by atoms with Crippen LogP contribution >= 0.6 is 0 Å². The van der Waals surface area contributed by atoms with Crippen LogP contribution in [0.15, 0.2) is 96.9 Å². The van der Waals surface area contributed by atoms with E-state index in [-0.39, 0.29) is 0 Å². The zero-order valence-electron chi connectivity index (χ0n) is 24.4. The Morgan fingerprint density at radius 3 is 2.21 bits per heavy atom. The number of likely N-dealkylation sites (N-methyl/N-ethyl adjacent to an activating group) is 1. The van der Waals surface area contributed by atoms with Gasteiger partial charge in [0, 0.05) is 57.6 Å². The average molecular weight is 578 g/mol. The minimum Gasteiger partial charge on any atom is -0.351 e. The van der Waals surface area contributed by atoms with E-state index < -0.39 is 11.7 Å². The third-order valence-electron chi connectivity index (χ3n) is 7.40. The van der Waals surface area contributed by atoms with Gasteiger partial charge >= 0.3 is 6.18 Å². The van der Waals surface area contributed by atoms with Crippen molar-refractivity contribution in [3.05, 3.63) is 119 Å². The molecule has 3 aromatic rings. The number of aryl methyl sites for hydroxylation is 2. The number of hydrogen-bond acceptors (Lipinski definition) is 6. The molecule has 0 atom stereocenters. The van der Waals surface area contributed by atoms with Crippen LogP contribution in [0, 0.1) is 13.8 Å². The lowest BCUT2D eigenvalue weighted by Crippen LogP contribution is -2.47. The topological polar surface area (TPSA) is 53.3 Å². The van der Waals surface area contributed by atoms with Crippen LogP contribution in [0.2, 0.25) is 0 Å². The third kappa shape index (κ3) is 8.27. The lowest BCUT2D eigenvalue weighted by atomic mass is 10.1. The zero-order valence-corrected chi connectivity index (χ0v) is 24.4. The molecule has 1 aliphatic carbocycles. The van der Waals surface area contributed by atoms with E-state index in [0.29, 0.717) is 0 Å². The number of para-hydroxylation sites is 1. The molecule has 5 rings (SSSR count). The number of nitrogens with zero attached hydrogens (tertiary/aromatic N) is 7. The molecule has 1 saturated heterocycles. The molecule has 0 amide bonds. The van der Waals surface area contributed by atoms with Crippen LogP contribution in [-0.2, 0) is 12.7 Å². The molecule has 2 heterocycles. The van der Waals surface area contributed by atoms with Crippen LogP contribution in [0.5, 0.6) is 0 Å². The van der Waals surface area contributed by atoms with E-state index >= 15 is 0 Å². The zero-order chi connectivity index (χ0) is 30.1. The van der Waals surface area contributed by atoms with Crippen molar-refractivity contribution in [3.8, 4) is 5.69 Å². The average Bonchev–Trinajstić information content (AvgIpc) is 3.24. The van der Waals surface area contributed by atoms with E-state index in [2.05, 4.69) is 106 Å². The van der Waals surface area contributed by atoms with E-state index in [1.165, 1.54) is 29.0 Å². The fourth-order valence-corrected chi connectivity index (χ4v) is 4.93. The highest BCUT2D eigenvalue weighted by atomic mass is 19.4. The van der Waals surface area contributed by atoms with Crippen molar-refractivity contribution in [2.75, 3.05) is 39.8 Å². The van der Waals surface area contributed by atoms with Gasteiger partial charge in [-0.05, 0) is 41.5 Å². The highest BCUT2D eigenvalue weighted by Crippen LogP contribution is 2.28. The number of rotatable bonds is 7. The number of aromatic nitrogens is 4. The molecule has 2 aromatic carbocycles. The smallest absolute Gasteiger partial charge is 0.351 e. The van der Waals surface area contributed by atoms with Crippen LogP contribution in [0.25, 0.3) is 5.69 Å². The van der Waals surface area contributed by atoms with Gasteiger partial charge in [0.15, 0.2) is 5.82 Å². The number of allylic oxidation sites excluding steroid dienone is 5. The highest BCUT2D eigenvalue weighted by molar-refractivity contribution is 5.46. The molecule has 1 fully saturated rings. The summed E-state index contributed by atoms with van der Waals surface area (Å²) in [6.07, 6.45) is 7.34. The van der Waals surface area contributed by atoms with Gasteiger partial charge < -0.3 is 4.90 Å². The van der Waals surface area contributed by atoms with Crippen molar-refractivity contribution < 1.29 is 13.2 Å². The van der Waals surface area contributed by atoms with Gasteiger partial charge in [-0.3, -0.25) is 9.80 Å². The summed E-state index contributed by atoms with van der Waals surface area (Å²) in [6.45, 7) is 14.2. The van der Waals surface area contributed by atoms with E-state index in [9.17, 15) is 13.2 Å². The third-order valence-corrected chi connectivity index (χ3v) is 7.40. The molecular weight excluding hydrogens is 539 g/mol. The maximum Gasteiger partial charge on any atom is 0.416 e. The van der Waals surface area contributed by atoms with Crippen molar-refractivity contribution in [2.24, 2.45) is 0 Å². The molecule has 0 unspecified atom stereocenters. The minimum absolute atomic E-state index is 0.602. The fraction of sp³-hybridized carbons (Fsp3) is 0.344. The number of halogens is 3. The number of benzene rings is 2. The standard InChI is InChI=1S/C25H33N7.C7H5F3/c1-20-10-9-11-21(2)25(20)32-24(26-27-28-32)19-31-16-14-30(15-17-31)18-22(3)29(4)23-12-7-5-6-8-13-23;8-7(9,10)6-4-2-1-3-5-6/h5-12H,3,13-19H2,1-2,4H3;1-5H. The van der Waals surface area contributed by atoms with E-state index in [0.717, 1.165) is 75.0 Å². The minimum atomic E-state index is -4.21. The van der Waals surface area contributed by atoms with Gasteiger partial charge in [0.2, 0.25) is 0 Å². The largest absolute Gasteiger partial charge is 0.416 e. The summed E-state index contributed by atoms with van der Waals surface area (Å²) in [7, 11) is 2.12. The second-order valence-corrected chi connectivity index (χ2v) is 10.5. The Morgan fingerprint density at radius 2 is 1.57 bits per heavy atom. The summed E-state index contributed by atoms with van der Waals surface area (Å²) in [5, 5.41) is 12.6. The molecule has 0 radical (unpaired) electrons. The second-order valence-electron chi connectivity index (χ2n) is 10.5. The van der Waals surface area contributed by atoms with Gasteiger partial charge in [0.25, 0.3) is 0 Å². The first-order valence-electron chi connectivity index (χ1n) is 14.0. The summed E-state index contributed by atoms with van der Waals surface area (Å²) in [6, 6.07) is 12.6. The molecule has 222 valence electrons. The van der Waals surface area contributed by atoms with Crippen LogP contribution in [0.1, 0.15) is 28.9 Å². The van der Waals surface area contributed by atoms with Crippen molar-refractivity contribution in [1.82, 2.24) is 34.9 Å². The normalized spacial score (nSPS) is 15.9. The first kappa shape index (κ1) is 30.9. The number of hydrogen-bond donors (Lipinski definition) is 0. The Morgan fingerprint density at radius 1 is 0.905 bits per heavy atom. The molecule has 0 saturated carbocycles. The van der Waals surface area contributed by atoms with Crippen LogP contribution in [-0.4, -0.2) is 74.7 Å². The Balaban J connectivity index is 0.000000343. The predicted octanol–water partition coefficient (Wildman–Crippen LogP) is 5.95. The summed E-state index contributed by atoms with van der Waals surface area (Å²) < 4.78 is 37.3. The Kier molecular flexibility index (Phi) is 10.5. The second kappa shape index (κ2) is 14.2. The van der Waals surface area contributed by atoms with E-state index in [1.807, 2.05) is 4.68 Å². The van der Waals surface area contributed by atoms with Crippen LogP contribution in [0.3, 0.4) is 0 Å². The molecule has 10 heteroatoms. The van der Waals surface area contributed by atoms with E-state index in [1.54, 1.807) is 6.07 Å². The lowest BCUT2D eigenvalue weighted by Gasteiger charge is -2.36. The Bertz CT molecular complexity index is 1400. The van der Waals surface area contributed by atoms with E-state index in [4.69, 9.17) is 0 Å². The Hall–Kier alpha value is -4.02. The Labute approximate surface area is 245 Å². The molecule has 0 N–H and O–H groups in total. The van der Waals surface area contributed by atoms with Crippen molar-refractivity contribution in [1.29, 1.82) is 0 Å². The first-order valence-corrected chi connectivity index (χ1v) is 14.0. The number of alkyl halides is 3. The summed E-state index contributed by atoms with van der Waals surface area (Å²) in [5.41, 5.74) is 5.25. The maximum absolute atomic E-state index is 11.8. The summed E-state index contributed by atoms with van der Waals surface area (Å²) in [5.74, 6) is 0.890. The summed E-state index contributed by atoms with van der Waals surface area (Å²) in [4.78, 5) is 7.14. The van der Waals surface area contributed by atoms with Gasteiger partial charge in [-0.25, -0.2) is 0 Å². The molecule has 7 nitrogen and oxygen atoms in total. The molecule has 0 spiro atoms. The van der Waals surface area contributed by atoms with Crippen LogP contribution in [0.4, 0.5) is 13.2 Å².